The Morgan fingerprint density at radius 1 is 1.43 bits per heavy atom. The maximum absolute atomic E-state index is 12.7. The van der Waals surface area contributed by atoms with Gasteiger partial charge in [-0.15, -0.1) is 0 Å². The smallest absolute Gasteiger partial charge is 0.291 e. The highest BCUT2D eigenvalue weighted by molar-refractivity contribution is 7.89. The number of nitro benzene ring substituents is 1. The summed E-state index contributed by atoms with van der Waals surface area (Å²) in [6.07, 6.45) is 1.76. The van der Waals surface area contributed by atoms with Crippen LogP contribution in [0.15, 0.2) is 23.1 Å². The lowest BCUT2D eigenvalue weighted by Gasteiger charge is -2.29. The van der Waals surface area contributed by atoms with Crippen molar-refractivity contribution in [1.29, 1.82) is 0 Å². The molecule has 21 heavy (non-hydrogen) atoms. The molecular formula is C13H19N3O4S. The monoisotopic (exact) mass is 313 g/mol. The van der Waals surface area contributed by atoms with Gasteiger partial charge in [0.05, 0.1) is 4.92 Å². The summed E-state index contributed by atoms with van der Waals surface area (Å²) in [5.41, 5.74) is 0.118. The highest BCUT2D eigenvalue weighted by atomic mass is 32.2. The zero-order valence-electron chi connectivity index (χ0n) is 12.1. The largest absolute Gasteiger partial charge is 0.388 e. The highest BCUT2D eigenvalue weighted by Crippen LogP contribution is 2.31. The van der Waals surface area contributed by atoms with Crippen LogP contribution in [0.1, 0.15) is 19.8 Å². The molecule has 1 saturated heterocycles. The summed E-state index contributed by atoms with van der Waals surface area (Å²) in [4.78, 5) is 10.3. The van der Waals surface area contributed by atoms with Gasteiger partial charge in [0.25, 0.3) is 5.69 Å². The van der Waals surface area contributed by atoms with E-state index in [-0.39, 0.29) is 16.5 Å². The molecule has 1 atom stereocenters. The van der Waals surface area contributed by atoms with E-state index in [2.05, 4.69) is 5.32 Å². The summed E-state index contributed by atoms with van der Waals surface area (Å²) in [6, 6.07) is 4.09. The molecule has 1 unspecified atom stereocenters. The van der Waals surface area contributed by atoms with E-state index >= 15 is 0 Å². The van der Waals surface area contributed by atoms with Crippen molar-refractivity contribution in [2.75, 3.05) is 25.5 Å². The first-order valence-electron chi connectivity index (χ1n) is 6.82. The lowest BCUT2D eigenvalue weighted by atomic mass is 10.0. The molecule has 1 aliphatic heterocycles. The fourth-order valence-corrected chi connectivity index (χ4v) is 4.27. The Hall–Kier alpha value is -1.67. The van der Waals surface area contributed by atoms with E-state index in [4.69, 9.17) is 0 Å². The second kappa shape index (κ2) is 5.98. The Balaban J connectivity index is 2.46. The van der Waals surface area contributed by atoms with Gasteiger partial charge in [0.15, 0.2) is 4.90 Å². The molecule has 0 spiro atoms. The number of rotatable bonds is 4. The average Bonchev–Trinajstić information content (AvgIpc) is 2.46. The van der Waals surface area contributed by atoms with Gasteiger partial charge in [-0.25, -0.2) is 8.42 Å². The molecule has 0 aromatic heterocycles. The first kappa shape index (κ1) is 15.7. The van der Waals surface area contributed by atoms with Crippen LogP contribution in [-0.2, 0) is 10.0 Å². The molecule has 1 fully saturated rings. The Labute approximate surface area is 124 Å². The average molecular weight is 313 g/mol. The Kier molecular flexibility index (Phi) is 4.48. The molecule has 0 saturated carbocycles. The topological polar surface area (TPSA) is 92.6 Å². The molecule has 2 rings (SSSR count). The molecule has 116 valence electrons. The van der Waals surface area contributed by atoms with Crippen LogP contribution in [0.3, 0.4) is 0 Å². The molecule has 0 amide bonds. The van der Waals surface area contributed by atoms with Gasteiger partial charge < -0.3 is 5.32 Å². The third-order valence-corrected chi connectivity index (χ3v) is 5.59. The highest BCUT2D eigenvalue weighted by Gasteiger charge is 2.34. The Morgan fingerprint density at radius 3 is 2.71 bits per heavy atom. The zero-order chi connectivity index (χ0) is 15.6. The van der Waals surface area contributed by atoms with Crippen LogP contribution in [0.2, 0.25) is 0 Å². The molecule has 0 bridgehead atoms. The van der Waals surface area contributed by atoms with E-state index in [1.165, 1.54) is 22.5 Å². The predicted molar refractivity (Wildman–Crippen MR) is 79.8 cm³/mol. The van der Waals surface area contributed by atoms with Gasteiger partial charge >= 0.3 is 0 Å². The summed E-state index contributed by atoms with van der Waals surface area (Å²) in [6.45, 7) is 2.81. The van der Waals surface area contributed by atoms with Crippen molar-refractivity contribution in [3.05, 3.63) is 28.3 Å². The van der Waals surface area contributed by atoms with Crippen LogP contribution < -0.4 is 5.32 Å². The molecule has 1 aromatic rings. The lowest BCUT2D eigenvalue weighted by Crippen LogP contribution is -2.39. The standard InChI is InChI=1S/C13H19N3O4S/c1-10-4-3-7-15(9-10)21(19,20)13-6-5-11(14-2)8-12(13)16(17)18/h5-6,8,10,14H,3-4,7,9H2,1-2H3. The van der Waals surface area contributed by atoms with Gasteiger partial charge in [-0.3, -0.25) is 10.1 Å². The van der Waals surface area contributed by atoms with Crippen molar-refractivity contribution in [2.45, 2.75) is 24.7 Å². The molecule has 8 heteroatoms. The number of anilines is 1. The van der Waals surface area contributed by atoms with Crippen molar-refractivity contribution < 1.29 is 13.3 Å². The van der Waals surface area contributed by atoms with Crippen LogP contribution in [0.4, 0.5) is 11.4 Å². The van der Waals surface area contributed by atoms with Gasteiger partial charge in [-0.05, 0) is 30.9 Å². The molecule has 1 heterocycles. The number of nitrogens with one attached hydrogen (secondary N) is 1. The van der Waals surface area contributed by atoms with Gasteiger partial charge in [-0.1, -0.05) is 6.92 Å². The number of hydrogen-bond acceptors (Lipinski definition) is 5. The number of piperidine rings is 1. The maximum Gasteiger partial charge on any atom is 0.291 e. The number of nitro groups is 1. The number of sulfonamides is 1. The number of hydrogen-bond donors (Lipinski definition) is 1. The lowest BCUT2D eigenvalue weighted by molar-refractivity contribution is -0.387. The van der Waals surface area contributed by atoms with E-state index < -0.39 is 14.9 Å². The third kappa shape index (κ3) is 3.16. The molecule has 1 N–H and O–H groups in total. The van der Waals surface area contributed by atoms with Crippen molar-refractivity contribution in [3.8, 4) is 0 Å². The number of benzene rings is 1. The van der Waals surface area contributed by atoms with Gasteiger partial charge in [0.1, 0.15) is 0 Å². The summed E-state index contributed by atoms with van der Waals surface area (Å²) in [5, 5.41) is 14.0. The Morgan fingerprint density at radius 2 is 2.14 bits per heavy atom. The van der Waals surface area contributed by atoms with Gasteiger partial charge in [0, 0.05) is 31.9 Å². The molecule has 1 aromatic carbocycles. The zero-order valence-corrected chi connectivity index (χ0v) is 12.9. The van der Waals surface area contributed by atoms with Crippen molar-refractivity contribution >= 4 is 21.4 Å². The van der Waals surface area contributed by atoms with E-state index in [0.29, 0.717) is 18.8 Å². The van der Waals surface area contributed by atoms with E-state index in [9.17, 15) is 18.5 Å². The van der Waals surface area contributed by atoms with Gasteiger partial charge in [0.2, 0.25) is 10.0 Å². The second-order valence-electron chi connectivity index (χ2n) is 5.30. The van der Waals surface area contributed by atoms with Crippen LogP contribution in [-0.4, -0.2) is 37.8 Å². The van der Waals surface area contributed by atoms with E-state index in [1.807, 2.05) is 6.92 Å². The summed E-state index contributed by atoms with van der Waals surface area (Å²) in [5.74, 6) is 0.268. The molecule has 7 nitrogen and oxygen atoms in total. The van der Waals surface area contributed by atoms with E-state index in [1.54, 1.807) is 7.05 Å². The normalized spacial score (nSPS) is 20.2. The van der Waals surface area contributed by atoms with Gasteiger partial charge in [-0.2, -0.15) is 4.31 Å². The summed E-state index contributed by atoms with van der Waals surface area (Å²) < 4.78 is 26.7. The minimum absolute atomic E-state index is 0.236. The van der Waals surface area contributed by atoms with E-state index in [0.717, 1.165) is 12.8 Å². The van der Waals surface area contributed by atoms with Crippen molar-refractivity contribution in [2.24, 2.45) is 5.92 Å². The predicted octanol–water partition coefficient (Wildman–Crippen LogP) is 2.06. The van der Waals surface area contributed by atoms with Crippen molar-refractivity contribution in [3.63, 3.8) is 0 Å². The molecule has 0 radical (unpaired) electrons. The minimum Gasteiger partial charge on any atom is -0.388 e. The molecular weight excluding hydrogens is 294 g/mol. The minimum atomic E-state index is -3.83. The Bertz CT molecular complexity index is 645. The third-order valence-electron chi connectivity index (χ3n) is 3.68. The maximum atomic E-state index is 12.7. The van der Waals surface area contributed by atoms with Crippen LogP contribution in [0, 0.1) is 16.0 Å². The quantitative estimate of drug-likeness (QED) is 0.678. The first-order chi connectivity index (χ1) is 9.86. The van der Waals surface area contributed by atoms with Crippen LogP contribution in [0.25, 0.3) is 0 Å². The SMILES string of the molecule is CNc1ccc(S(=O)(=O)N2CCCC(C)C2)c([N+](=O)[O-])c1. The summed E-state index contributed by atoms with van der Waals surface area (Å²) in [7, 11) is -2.21. The van der Waals surface area contributed by atoms with Crippen LogP contribution >= 0.6 is 0 Å². The number of nitrogens with zero attached hydrogens (tertiary/aromatic N) is 2. The van der Waals surface area contributed by atoms with Crippen molar-refractivity contribution in [1.82, 2.24) is 4.31 Å². The molecule has 1 aliphatic rings. The van der Waals surface area contributed by atoms with Crippen LogP contribution in [0.5, 0.6) is 0 Å². The first-order valence-corrected chi connectivity index (χ1v) is 8.26. The molecule has 0 aliphatic carbocycles. The fraction of sp³-hybridized carbons (Fsp3) is 0.538. The fourth-order valence-electron chi connectivity index (χ4n) is 2.54. The summed E-state index contributed by atoms with van der Waals surface area (Å²) >= 11 is 0. The second-order valence-corrected chi connectivity index (χ2v) is 7.21.